The van der Waals surface area contributed by atoms with Crippen molar-refractivity contribution < 1.29 is 9.53 Å². The van der Waals surface area contributed by atoms with Gasteiger partial charge in [0.05, 0.1) is 5.69 Å². The van der Waals surface area contributed by atoms with E-state index in [9.17, 15) is 4.79 Å². The molecule has 126 valence electrons. The Bertz CT molecular complexity index is 477. The van der Waals surface area contributed by atoms with Gasteiger partial charge in [0, 0.05) is 31.9 Å². The van der Waals surface area contributed by atoms with Gasteiger partial charge in [-0.3, -0.25) is 4.68 Å². The van der Waals surface area contributed by atoms with E-state index in [1.54, 1.807) is 6.20 Å². The standard InChI is InChI=1S/C16H30N4O2/c1-11(2)13(10-17-15(21)22-16(4,5)6)19-12(3)14-8-9-18-20(14)7/h8-9,11-13,19H,10H2,1-7H3,(H,17,21). The number of alkyl carbamates (subject to hydrolysis) is 1. The fourth-order valence-electron chi connectivity index (χ4n) is 2.21. The first kappa shape index (κ1) is 18.5. The molecule has 1 heterocycles. The molecule has 0 aliphatic rings. The van der Waals surface area contributed by atoms with Crippen LogP contribution in [0, 0.1) is 5.92 Å². The Morgan fingerprint density at radius 1 is 1.36 bits per heavy atom. The maximum absolute atomic E-state index is 11.8. The van der Waals surface area contributed by atoms with Crippen LogP contribution in [-0.2, 0) is 11.8 Å². The number of ether oxygens (including phenoxy) is 1. The number of carbonyl (C=O) groups excluding carboxylic acids is 1. The minimum Gasteiger partial charge on any atom is -0.444 e. The molecule has 2 N–H and O–H groups in total. The van der Waals surface area contributed by atoms with Crippen molar-refractivity contribution in [2.45, 2.75) is 59.2 Å². The summed E-state index contributed by atoms with van der Waals surface area (Å²) in [6, 6.07) is 2.30. The minimum atomic E-state index is -0.479. The van der Waals surface area contributed by atoms with Crippen LogP contribution in [-0.4, -0.2) is 34.1 Å². The number of aryl methyl sites for hydroxylation is 1. The smallest absolute Gasteiger partial charge is 0.407 e. The minimum absolute atomic E-state index is 0.150. The highest BCUT2D eigenvalue weighted by Crippen LogP contribution is 2.14. The summed E-state index contributed by atoms with van der Waals surface area (Å²) in [6.07, 6.45) is 1.41. The normalized spacial score (nSPS) is 14.7. The van der Waals surface area contributed by atoms with Crippen LogP contribution >= 0.6 is 0 Å². The third-order valence-electron chi connectivity index (χ3n) is 3.44. The lowest BCUT2D eigenvalue weighted by atomic mass is 10.0. The van der Waals surface area contributed by atoms with Crippen molar-refractivity contribution in [3.63, 3.8) is 0 Å². The van der Waals surface area contributed by atoms with E-state index in [2.05, 4.69) is 36.5 Å². The molecule has 1 aromatic rings. The summed E-state index contributed by atoms with van der Waals surface area (Å²) in [6.45, 7) is 12.4. The quantitative estimate of drug-likeness (QED) is 0.847. The molecular formula is C16H30N4O2. The van der Waals surface area contributed by atoms with E-state index in [0.29, 0.717) is 12.5 Å². The first-order chi connectivity index (χ1) is 10.1. The van der Waals surface area contributed by atoms with Crippen LogP contribution in [0.15, 0.2) is 12.3 Å². The van der Waals surface area contributed by atoms with Crippen LogP contribution < -0.4 is 10.6 Å². The second kappa shape index (κ2) is 7.63. The molecule has 0 spiro atoms. The Hall–Kier alpha value is -1.56. The van der Waals surface area contributed by atoms with Gasteiger partial charge < -0.3 is 15.4 Å². The van der Waals surface area contributed by atoms with E-state index in [1.807, 2.05) is 38.6 Å². The highest BCUT2D eigenvalue weighted by Gasteiger charge is 2.21. The summed E-state index contributed by atoms with van der Waals surface area (Å²) < 4.78 is 7.13. The lowest BCUT2D eigenvalue weighted by Crippen LogP contribution is -2.46. The number of nitrogens with one attached hydrogen (secondary N) is 2. The molecule has 0 radical (unpaired) electrons. The van der Waals surface area contributed by atoms with Crippen molar-refractivity contribution >= 4 is 6.09 Å². The van der Waals surface area contributed by atoms with Crippen molar-refractivity contribution in [2.75, 3.05) is 6.54 Å². The van der Waals surface area contributed by atoms with Crippen molar-refractivity contribution in [3.05, 3.63) is 18.0 Å². The number of hydrogen-bond donors (Lipinski definition) is 2. The Morgan fingerprint density at radius 2 is 2.00 bits per heavy atom. The topological polar surface area (TPSA) is 68.2 Å². The molecule has 6 heteroatoms. The molecule has 2 unspecified atom stereocenters. The molecule has 0 bridgehead atoms. The fourth-order valence-corrected chi connectivity index (χ4v) is 2.21. The SMILES string of the molecule is CC(NC(CNC(=O)OC(C)(C)C)C(C)C)c1ccnn1C. The van der Waals surface area contributed by atoms with Gasteiger partial charge in [-0.05, 0) is 39.7 Å². The zero-order valence-corrected chi connectivity index (χ0v) is 14.8. The first-order valence-electron chi connectivity index (χ1n) is 7.81. The molecule has 0 aliphatic heterocycles. The second-order valence-corrected chi connectivity index (χ2v) is 7.00. The maximum atomic E-state index is 11.8. The third-order valence-corrected chi connectivity index (χ3v) is 3.44. The molecule has 22 heavy (non-hydrogen) atoms. The maximum Gasteiger partial charge on any atom is 0.407 e. The Balaban J connectivity index is 2.56. The van der Waals surface area contributed by atoms with E-state index in [4.69, 9.17) is 4.74 Å². The average molecular weight is 310 g/mol. The van der Waals surface area contributed by atoms with Crippen LogP contribution in [0.3, 0.4) is 0 Å². The van der Waals surface area contributed by atoms with Gasteiger partial charge in [0.25, 0.3) is 0 Å². The van der Waals surface area contributed by atoms with Crippen molar-refractivity contribution in [1.29, 1.82) is 0 Å². The predicted molar refractivity (Wildman–Crippen MR) is 87.6 cm³/mol. The van der Waals surface area contributed by atoms with Crippen LogP contribution in [0.1, 0.15) is 53.3 Å². The van der Waals surface area contributed by atoms with Crippen molar-refractivity contribution in [3.8, 4) is 0 Å². The lowest BCUT2D eigenvalue weighted by molar-refractivity contribution is 0.0518. The lowest BCUT2D eigenvalue weighted by Gasteiger charge is -2.27. The van der Waals surface area contributed by atoms with E-state index >= 15 is 0 Å². The van der Waals surface area contributed by atoms with Crippen molar-refractivity contribution in [2.24, 2.45) is 13.0 Å². The molecule has 2 atom stereocenters. The van der Waals surface area contributed by atoms with E-state index < -0.39 is 5.60 Å². The third kappa shape index (κ3) is 6.05. The molecule has 0 aliphatic carbocycles. The van der Waals surface area contributed by atoms with Crippen molar-refractivity contribution in [1.82, 2.24) is 20.4 Å². The molecule has 0 saturated heterocycles. The molecular weight excluding hydrogens is 280 g/mol. The number of carbonyl (C=O) groups is 1. The summed E-state index contributed by atoms with van der Waals surface area (Å²) in [5.74, 6) is 0.380. The van der Waals surface area contributed by atoms with E-state index in [1.165, 1.54) is 0 Å². The molecule has 1 rings (SSSR count). The van der Waals surface area contributed by atoms with Gasteiger partial charge in [0.15, 0.2) is 0 Å². The molecule has 1 aromatic heterocycles. The van der Waals surface area contributed by atoms with Gasteiger partial charge in [0.1, 0.15) is 5.60 Å². The van der Waals surface area contributed by atoms with Crippen LogP contribution in [0.25, 0.3) is 0 Å². The van der Waals surface area contributed by atoms with E-state index in [-0.39, 0.29) is 18.2 Å². The summed E-state index contributed by atoms with van der Waals surface area (Å²) in [7, 11) is 1.93. The van der Waals surface area contributed by atoms with Gasteiger partial charge in [-0.15, -0.1) is 0 Å². The van der Waals surface area contributed by atoms with Crippen LogP contribution in [0.2, 0.25) is 0 Å². The largest absolute Gasteiger partial charge is 0.444 e. The van der Waals surface area contributed by atoms with E-state index in [0.717, 1.165) is 5.69 Å². The Kier molecular flexibility index (Phi) is 6.41. The predicted octanol–water partition coefficient (Wildman–Crippen LogP) is 2.62. The van der Waals surface area contributed by atoms with Crippen LogP contribution in [0.5, 0.6) is 0 Å². The Morgan fingerprint density at radius 3 is 2.45 bits per heavy atom. The number of amides is 1. The molecule has 0 aromatic carbocycles. The Labute approximate surface area is 133 Å². The summed E-state index contributed by atoms with van der Waals surface area (Å²) >= 11 is 0. The molecule has 0 fully saturated rings. The molecule has 0 saturated carbocycles. The first-order valence-corrected chi connectivity index (χ1v) is 7.81. The summed E-state index contributed by atoms with van der Waals surface area (Å²) in [4.78, 5) is 11.8. The van der Waals surface area contributed by atoms with Gasteiger partial charge in [0.2, 0.25) is 0 Å². The fraction of sp³-hybridized carbons (Fsp3) is 0.750. The zero-order chi connectivity index (χ0) is 16.9. The summed E-state index contributed by atoms with van der Waals surface area (Å²) in [5.41, 5.74) is 0.634. The zero-order valence-electron chi connectivity index (χ0n) is 14.8. The number of nitrogens with zero attached hydrogens (tertiary/aromatic N) is 2. The number of aromatic nitrogens is 2. The van der Waals surface area contributed by atoms with Gasteiger partial charge in [-0.2, -0.15) is 5.10 Å². The highest BCUT2D eigenvalue weighted by molar-refractivity contribution is 5.67. The second-order valence-electron chi connectivity index (χ2n) is 7.00. The average Bonchev–Trinajstić information content (AvgIpc) is 2.78. The number of rotatable bonds is 6. The molecule has 6 nitrogen and oxygen atoms in total. The monoisotopic (exact) mass is 310 g/mol. The van der Waals surface area contributed by atoms with Crippen LogP contribution in [0.4, 0.5) is 4.79 Å². The van der Waals surface area contributed by atoms with Gasteiger partial charge in [-0.25, -0.2) is 4.79 Å². The highest BCUT2D eigenvalue weighted by atomic mass is 16.6. The number of hydrogen-bond acceptors (Lipinski definition) is 4. The molecule has 1 amide bonds. The van der Waals surface area contributed by atoms with Gasteiger partial charge >= 0.3 is 6.09 Å². The summed E-state index contributed by atoms with van der Waals surface area (Å²) in [5, 5.41) is 10.6. The van der Waals surface area contributed by atoms with Gasteiger partial charge in [-0.1, -0.05) is 13.8 Å².